The smallest absolute Gasteiger partial charge is 0.254 e. The van der Waals surface area contributed by atoms with E-state index in [1.165, 1.54) is 18.4 Å². The van der Waals surface area contributed by atoms with E-state index in [0.717, 1.165) is 42.8 Å². The second-order valence-electron chi connectivity index (χ2n) is 7.64. The molecule has 4 heteroatoms. The van der Waals surface area contributed by atoms with Gasteiger partial charge in [0.2, 0.25) is 0 Å². The molecule has 0 unspecified atom stereocenters. The molecule has 1 aliphatic carbocycles. The van der Waals surface area contributed by atoms with Crippen LogP contribution < -0.4 is 10.1 Å². The van der Waals surface area contributed by atoms with E-state index in [9.17, 15) is 4.79 Å². The molecular formula is C23H28N2O2. The number of carbonyl (C=O) groups is 1. The van der Waals surface area contributed by atoms with Crippen LogP contribution in [0.4, 0.5) is 0 Å². The molecular weight excluding hydrogens is 336 g/mol. The molecule has 142 valence electrons. The van der Waals surface area contributed by atoms with Crippen molar-refractivity contribution < 1.29 is 9.53 Å². The number of amides is 1. The van der Waals surface area contributed by atoms with Gasteiger partial charge in [-0.25, -0.2) is 0 Å². The molecule has 2 aromatic rings. The minimum atomic E-state index is 0.122. The van der Waals surface area contributed by atoms with Gasteiger partial charge in [-0.1, -0.05) is 30.3 Å². The maximum Gasteiger partial charge on any atom is 0.254 e. The summed E-state index contributed by atoms with van der Waals surface area (Å²) in [5.41, 5.74) is 3.18. The Kier molecular flexibility index (Phi) is 5.44. The van der Waals surface area contributed by atoms with Gasteiger partial charge < -0.3 is 15.0 Å². The number of hydrogen-bond donors (Lipinski definition) is 1. The lowest BCUT2D eigenvalue weighted by atomic mass is 9.91. The summed E-state index contributed by atoms with van der Waals surface area (Å²) in [6.45, 7) is 2.75. The summed E-state index contributed by atoms with van der Waals surface area (Å²) in [7, 11) is 1.68. The van der Waals surface area contributed by atoms with Crippen LogP contribution in [0.25, 0.3) is 0 Å². The fourth-order valence-electron chi connectivity index (χ4n) is 3.97. The molecule has 0 spiro atoms. The van der Waals surface area contributed by atoms with Crippen molar-refractivity contribution in [2.45, 2.75) is 44.2 Å². The first-order chi connectivity index (χ1) is 13.3. The highest BCUT2D eigenvalue weighted by Crippen LogP contribution is 2.32. The van der Waals surface area contributed by atoms with Crippen molar-refractivity contribution in [3.05, 3.63) is 65.2 Å². The molecule has 0 radical (unpaired) electrons. The van der Waals surface area contributed by atoms with Crippen molar-refractivity contribution in [3.63, 3.8) is 0 Å². The minimum absolute atomic E-state index is 0.122. The molecule has 1 saturated heterocycles. The van der Waals surface area contributed by atoms with E-state index in [1.807, 2.05) is 41.3 Å². The summed E-state index contributed by atoms with van der Waals surface area (Å²) in [6, 6.07) is 16.6. The predicted molar refractivity (Wildman–Crippen MR) is 107 cm³/mol. The summed E-state index contributed by atoms with van der Waals surface area (Å²) in [5, 5.41) is 3.46. The second kappa shape index (κ2) is 8.13. The number of nitrogens with zero attached hydrogens (tertiary/aromatic N) is 1. The molecule has 0 aromatic heterocycles. The first kappa shape index (κ1) is 18.1. The Morgan fingerprint density at radius 2 is 1.89 bits per heavy atom. The van der Waals surface area contributed by atoms with Gasteiger partial charge in [-0.2, -0.15) is 0 Å². The van der Waals surface area contributed by atoms with Gasteiger partial charge in [0.25, 0.3) is 5.91 Å². The number of para-hydroxylation sites is 1. The molecule has 1 atom stereocenters. The second-order valence-corrected chi connectivity index (χ2v) is 7.64. The number of methoxy groups -OCH3 is 1. The topological polar surface area (TPSA) is 41.6 Å². The van der Waals surface area contributed by atoms with Crippen LogP contribution in [0.2, 0.25) is 0 Å². The van der Waals surface area contributed by atoms with Crippen molar-refractivity contribution in [1.82, 2.24) is 10.2 Å². The van der Waals surface area contributed by atoms with Gasteiger partial charge in [0, 0.05) is 30.3 Å². The van der Waals surface area contributed by atoms with Crippen molar-refractivity contribution in [1.29, 1.82) is 0 Å². The van der Waals surface area contributed by atoms with E-state index in [4.69, 9.17) is 4.74 Å². The third-order valence-corrected chi connectivity index (χ3v) is 5.71. The third kappa shape index (κ3) is 4.16. The first-order valence-electron chi connectivity index (χ1n) is 10.00. The summed E-state index contributed by atoms with van der Waals surface area (Å²) < 4.78 is 5.47. The Hall–Kier alpha value is -2.33. The highest BCUT2D eigenvalue weighted by molar-refractivity contribution is 5.94. The molecule has 1 amide bonds. The summed E-state index contributed by atoms with van der Waals surface area (Å²) in [5.74, 6) is 1.53. The van der Waals surface area contributed by atoms with Crippen LogP contribution in [0.3, 0.4) is 0 Å². The summed E-state index contributed by atoms with van der Waals surface area (Å²) in [4.78, 5) is 15.2. The van der Waals surface area contributed by atoms with Crippen LogP contribution in [0.1, 0.15) is 53.1 Å². The molecule has 1 N–H and O–H groups in total. The van der Waals surface area contributed by atoms with E-state index >= 15 is 0 Å². The highest BCUT2D eigenvalue weighted by atomic mass is 16.5. The normalized spacial score (nSPS) is 19.5. The van der Waals surface area contributed by atoms with Crippen LogP contribution in [0, 0.1) is 0 Å². The standard InChI is InChI=1S/C23H28N2O2/c1-27-22-7-3-2-5-20(22)16-25(21-12-13-21)23(26)18-10-8-17(9-11-18)19-6-4-14-24-15-19/h2-3,5,7-11,19,21,24H,4,6,12-16H2,1H3/t19-/m1/s1. The number of nitrogens with one attached hydrogen (secondary N) is 1. The van der Waals surface area contributed by atoms with Gasteiger partial charge >= 0.3 is 0 Å². The Morgan fingerprint density at radius 1 is 1.11 bits per heavy atom. The van der Waals surface area contributed by atoms with Crippen molar-refractivity contribution in [2.75, 3.05) is 20.2 Å². The fourth-order valence-corrected chi connectivity index (χ4v) is 3.97. The predicted octanol–water partition coefficient (Wildman–Crippen LogP) is 3.97. The van der Waals surface area contributed by atoms with Crippen LogP contribution in [0.15, 0.2) is 48.5 Å². The van der Waals surface area contributed by atoms with Crippen LogP contribution in [-0.2, 0) is 6.54 Å². The molecule has 4 nitrogen and oxygen atoms in total. The lowest BCUT2D eigenvalue weighted by molar-refractivity contribution is 0.0728. The highest BCUT2D eigenvalue weighted by Gasteiger charge is 2.33. The van der Waals surface area contributed by atoms with Crippen LogP contribution in [-0.4, -0.2) is 37.0 Å². The number of ether oxygens (including phenoxy) is 1. The lowest BCUT2D eigenvalue weighted by Crippen LogP contribution is -2.32. The summed E-state index contributed by atoms with van der Waals surface area (Å²) >= 11 is 0. The van der Waals surface area contributed by atoms with Crippen molar-refractivity contribution in [3.8, 4) is 5.75 Å². The average molecular weight is 364 g/mol. The lowest BCUT2D eigenvalue weighted by Gasteiger charge is -2.25. The van der Waals surface area contributed by atoms with Crippen molar-refractivity contribution >= 4 is 5.91 Å². The Labute approximate surface area is 161 Å². The molecule has 27 heavy (non-hydrogen) atoms. The molecule has 0 bridgehead atoms. The SMILES string of the molecule is COc1ccccc1CN(C(=O)c1ccc([C@@H]2CCCNC2)cc1)C1CC1. The van der Waals surface area contributed by atoms with Gasteiger partial charge in [-0.15, -0.1) is 0 Å². The zero-order valence-corrected chi connectivity index (χ0v) is 16.0. The van der Waals surface area contributed by atoms with E-state index in [-0.39, 0.29) is 5.91 Å². The van der Waals surface area contributed by atoms with E-state index in [2.05, 4.69) is 17.4 Å². The van der Waals surface area contributed by atoms with Crippen LogP contribution >= 0.6 is 0 Å². The molecule has 1 aliphatic heterocycles. The molecule has 2 aliphatic rings. The number of carbonyl (C=O) groups excluding carboxylic acids is 1. The molecule has 4 rings (SSSR count). The van der Waals surface area contributed by atoms with Crippen LogP contribution in [0.5, 0.6) is 5.75 Å². The molecule has 1 saturated carbocycles. The maximum atomic E-state index is 13.2. The summed E-state index contributed by atoms with van der Waals surface area (Å²) in [6.07, 6.45) is 4.63. The van der Waals surface area contributed by atoms with Gasteiger partial charge in [0.05, 0.1) is 7.11 Å². The van der Waals surface area contributed by atoms with Gasteiger partial charge in [0.15, 0.2) is 0 Å². The molecule has 2 aromatic carbocycles. The Morgan fingerprint density at radius 3 is 2.56 bits per heavy atom. The maximum absolute atomic E-state index is 13.2. The third-order valence-electron chi connectivity index (χ3n) is 5.71. The van der Waals surface area contributed by atoms with Gasteiger partial charge in [0.1, 0.15) is 5.75 Å². The van der Waals surface area contributed by atoms with E-state index in [0.29, 0.717) is 18.5 Å². The molecule has 1 heterocycles. The quantitative estimate of drug-likeness (QED) is 0.843. The van der Waals surface area contributed by atoms with E-state index < -0.39 is 0 Å². The molecule has 2 fully saturated rings. The fraction of sp³-hybridized carbons (Fsp3) is 0.435. The zero-order chi connectivity index (χ0) is 18.6. The number of rotatable bonds is 6. The largest absolute Gasteiger partial charge is 0.496 e. The number of hydrogen-bond acceptors (Lipinski definition) is 3. The Bertz CT molecular complexity index is 777. The van der Waals surface area contributed by atoms with E-state index in [1.54, 1.807) is 7.11 Å². The van der Waals surface area contributed by atoms with Gasteiger partial charge in [-0.05, 0) is 61.9 Å². The number of benzene rings is 2. The average Bonchev–Trinajstić information content (AvgIpc) is 3.58. The number of piperidine rings is 1. The zero-order valence-electron chi connectivity index (χ0n) is 16.0. The van der Waals surface area contributed by atoms with Gasteiger partial charge in [-0.3, -0.25) is 4.79 Å². The van der Waals surface area contributed by atoms with Crippen molar-refractivity contribution in [2.24, 2.45) is 0 Å². The monoisotopic (exact) mass is 364 g/mol. The minimum Gasteiger partial charge on any atom is -0.496 e. The Balaban J connectivity index is 1.50. The first-order valence-corrected chi connectivity index (χ1v) is 10.00.